The van der Waals surface area contributed by atoms with Gasteiger partial charge < -0.3 is 9.64 Å². The van der Waals surface area contributed by atoms with Crippen LogP contribution in [0.3, 0.4) is 0 Å². The molecule has 0 radical (unpaired) electrons. The van der Waals surface area contributed by atoms with Crippen LogP contribution in [0.25, 0.3) is 0 Å². The number of aryl methyl sites for hydroxylation is 1. The van der Waals surface area contributed by atoms with Gasteiger partial charge in [0.25, 0.3) is 5.91 Å². The normalized spacial score (nSPS) is 18.6. The van der Waals surface area contributed by atoms with Crippen LogP contribution >= 0.6 is 11.3 Å². The first-order valence-corrected chi connectivity index (χ1v) is 7.55. The van der Waals surface area contributed by atoms with Crippen molar-refractivity contribution in [3.63, 3.8) is 0 Å². The van der Waals surface area contributed by atoms with E-state index in [1.165, 1.54) is 16.2 Å². The van der Waals surface area contributed by atoms with E-state index in [-0.39, 0.29) is 11.9 Å². The summed E-state index contributed by atoms with van der Waals surface area (Å²) >= 11 is 1.51. The molecule has 104 valence electrons. The predicted molar refractivity (Wildman–Crippen MR) is 74.4 cm³/mol. The molecular formula is C14H19NO3S. The Morgan fingerprint density at radius 1 is 1.42 bits per heavy atom. The van der Waals surface area contributed by atoms with Crippen LogP contribution in [0.2, 0.25) is 0 Å². The lowest BCUT2D eigenvalue weighted by molar-refractivity contribution is -0.147. The first-order chi connectivity index (χ1) is 9.17. The maximum atomic E-state index is 12.4. The maximum absolute atomic E-state index is 12.4. The number of ether oxygens (including phenoxy) is 1. The summed E-state index contributed by atoms with van der Waals surface area (Å²) in [6.45, 7) is 4.85. The van der Waals surface area contributed by atoms with Crippen molar-refractivity contribution >= 4 is 23.2 Å². The summed E-state index contributed by atoms with van der Waals surface area (Å²) < 4.78 is 5.04. The number of amides is 1. The second-order valence-corrected chi connectivity index (χ2v) is 5.70. The van der Waals surface area contributed by atoms with Crippen molar-refractivity contribution in [2.24, 2.45) is 0 Å². The molecule has 1 saturated heterocycles. The second-order valence-electron chi connectivity index (χ2n) is 4.53. The Hall–Kier alpha value is -1.36. The van der Waals surface area contributed by atoms with E-state index < -0.39 is 6.04 Å². The maximum Gasteiger partial charge on any atom is 0.328 e. The number of esters is 1. The van der Waals surface area contributed by atoms with Crippen LogP contribution in [-0.4, -0.2) is 36.0 Å². The van der Waals surface area contributed by atoms with Crippen LogP contribution < -0.4 is 0 Å². The summed E-state index contributed by atoms with van der Waals surface area (Å²) in [5.41, 5.74) is 0. The second kappa shape index (κ2) is 6.19. The predicted octanol–water partition coefficient (Wildman–Crippen LogP) is 2.48. The molecule has 0 N–H and O–H groups in total. The fourth-order valence-corrected chi connectivity index (χ4v) is 3.22. The van der Waals surface area contributed by atoms with E-state index in [0.29, 0.717) is 24.4 Å². The third-order valence-electron chi connectivity index (χ3n) is 3.29. The lowest BCUT2D eigenvalue weighted by atomic mass is 10.2. The molecule has 1 aromatic rings. The number of nitrogens with zero attached hydrogens (tertiary/aromatic N) is 1. The molecule has 1 unspecified atom stereocenters. The van der Waals surface area contributed by atoms with Crippen molar-refractivity contribution in [2.75, 3.05) is 13.2 Å². The van der Waals surface area contributed by atoms with Crippen molar-refractivity contribution < 1.29 is 14.3 Å². The molecule has 0 aliphatic carbocycles. The average Bonchev–Trinajstić information content (AvgIpc) is 3.07. The summed E-state index contributed by atoms with van der Waals surface area (Å²) in [6.07, 6.45) is 2.50. The topological polar surface area (TPSA) is 46.6 Å². The van der Waals surface area contributed by atoms with Crippen molar-refractivity contribution in [3.8, 4) is 0 Å². The molecule has 4 nitrogen and oxygen atoms in total. The number of likely N-dealkylation sites (tertiary alicyclic amines) is 1. The van der Waals surface area contributed by atoms with E-state index in [0.717, 1.165) is 12.8 Å². The molecule has 0 aromatic carbocycles. The minimum atomic E-state index is -0.403. The van der Waals surface area contributed by atoms with E-state index in [2.05, 4.69) is 6.92 Å². The summed E-state index contributed by atoms with van der Waals surface area (Å²) in [6, 6.07) is 3.43. The third kappa shape index (κ3) is 2.97. The van der Waals surface area contributed by atoms with Gasteiger partial charge in [0, 0.05) is 11.4 Å². The summed E-state index contributed by atoms with van der Waals surface area (Å²) in [7, 11) is 0. The molecular weight excluding hydrogens is 262 g/mol. The zero-order chi connectivity index (χ0) is 13.8. The highest BCUT2D eigenvalue weighted by molar-refractivity contribution is 7.14. The van der Waals surface area contributed by atoms with Gasteiger partial charge in [-0.15, -0.1) is 11.3 Å². The van der Waals surface area contributed by atoms with Gasteiger partial charge in [0.1, 0.15) is 6.04 Å². The van der Waals surface area contributed by atoms with E-state index in [9.17, 15) is 9.59 Å². The lowest BCUT2D eigenvalue weighted by Gasteiger charge is -2.22. The fourth-order valence-electron chi connectivity index (χ4n) is 2.32. The van der Waals surface area contributed by atoms with Crippen molar-refractivity contribution in [1.29, 1.82) is 0 Å². The Morgan fingerprint density at radius 2 is 2.21 bits per heavy atom. The van der Waals surface area contributed by atoms with E-state index in [1.807, 2.05) is 12.1 Å². The minimum absolute atomic E-state index is 0.0414. The Bertz CT molecular complexity index is 469. The molecule has 2 rings (SSSR count). The molecule has 1 aromatic heterocycles. The molecule has 0 spiro atoms. The molecule has 5 heteroatoms. The molecule has 0 saturated carbocycles. The quantitative estimate of drug-likeness (QED) is 0.797. The molecule has 1 atom stereocenters. The summed E-state index contributed by atoms with van der Waals surface area (Å²) in [5.74, 6) is -0.319. The van der Waals surface area contributed by atoms with Gasteiger partial charge in [-0.3, -0.25) is 4.79 Å². The van der Waals surface area contributed by atoms with Crippen LogP contribution in [0.4, 0.5) is 0 Å². The SMILES string of the molecule is CCOC(=O)C1CCCN1C(=O)c1ccc(CC)s1. The molecule has 1 amide bonds. The van der Waals surface area contributed by atoms with E-state index in [1.54, 1.807) is 11.8 Å². The van der Waals surface area contributed by atoms with Crippen molar-refractivity contribution in [3.05, 3.63) is 21.9 Å². The zero-order valence-corrected chi connectivity index (χ0v) is 12.2. The molecule has 1 aliphatic rings. The average molecular weight is 281 g/mol. The van der Waals surface area contributed by atoms with Crippen molar-refractivity contribution in [1.82, 2.24) is 4.90 Å². The van der Waals surface area contributed by atoms with Gasteiger partial charge in [-0.1, -0.05) is 6.92 Å². The van der Waals surface area contributed by atoms with Gasteiger partial charge in [0.15, 0.2) is 0 Å². The highest BCUT2D eigenvalue weighted by atomic mass is 32.1. The van der Waals surface area contributed by atoms with Gasteiger partial charge >= 0.3 is 5.97 Å². The summed E-state index contributed by atoms with van der Waals surface area (Å²) in [4.78, 5) is 27.8. The Kier molecular flexibility index (Phi) is 4.58. The van der Waals surface area contributed by atoms with Gasteiger partial charge in [-0.25, -0.2) is 4.79 Å². The van der Waals surface area contributed by atoms with Crippen LogP contribution in [0.5, 0.6) is 0 Å². The van der Waals surface area contributed by atoms with Gasteiger partial charge in [-0.05, 0) is 38.3 Å². The van der Waals surface area contributed by atoms with Crippen LogP contribution in [0.1, 0.15) is 41.2 Å². The Balaban J connectivity index is 2.11. The Morgan fingerprint density at radius 3 is 2.84 bits per heavy atom. The van der Waals surface area contributed by atoms with E-state index in [4.69, 9.17) is 4.74 Å². The van der Waals surface area contributed by atoms with E-state index >= 15 is 0 Å². The number of thiophene rings is 1. The van der Waals surface area contributed by atoms with Crippen LogP contribution in [0.15, 0.2) is 12.1 Å². The number of carbonyl (C=O) groups excluding carboxylic acids is 2. The lowest BCUT2D eigenvalue weighted by Crippen LogP contribution is -2.41. The van der Waals surface area contributed by atoms with Gasteiger partial charge in [0.05, 0.1) is 11.5 Å². The molecule has 0 bridgehead atoms. The third-order valence-corrected chi connectivity index (χ3v) is 4.51. The molecule has 1 aliphatic heterocycles. The zero-order valence-electron chi connectivity index (χ0n) is 11.3. The van der Waals surface area contributed by atoms with Crippen molar-refractivity contribution in [2.45, 2.75) is 39.2 Å². The fraction of sp³-hybridized carbons (Fsp3) is 0.571. The number of hydrogen-bond acceptors (Lipinski definition) is 4. The van der Waals surface area contributed by atoms with Gasteiger partial charge in [0.2, 0.25) is 0 Å². The number of rotatable bonds is 4. The minimum Gasteiger partial charge on any atom is -0.464 e. The summed E-state index contributed by atoms with van der Waals surface area (Å²) in [5, 5.41) is 0. The number of carbonyl (C=O) groups is 2. The molecule has 2 heterocycles. The largest absolute Gasteiger partial charge is 0.464 e. The standard InChI is InChI=1S/C14H19NO3S/c1-3-10-7-8-12(19-10)13(16)15-9-5-6-11(15)14(17)18-4-2/h7-8,11H,3-6,9H2,1-2H3. The molecule has 19 heavy (non-hydrogen) atoms. The van der Waals surface area contributed by atoms with Gasteiger partial charge in [-0.2, -0.15) is 0 Å². The highest BCUT2D eigenvalue weighted by Crippen LogP contribution is 2.25. The van der Waals surface area contributed by atoms with Crippen LogP contribution in [0, 0.1) is 0 Å². The Labute approximate surface area is 117 Å². The smallest absolute Gasteiger partial charge is 0.328 e. The first-order valence-electron chi connectivity index (χ1n) is 6.73. The van der Waals surface area contributed by atoms with Crippen LogP contribution in [-0.2, 0) is 16.0 Å². The highest BCUT2D eigenvalue weighted by Gasteiger charge is 2.35. The first kappa shape index (κ1) is 14.1. The number of hydrogen-bond donors (Lipinski definition) is 0. The monoisotopic (exact) mass is 281 g/mol. The molecule has 1 fully saturated rings.